The van der Waals surface area contributed by atoms with Crippen LogP contribution in [-0.4, -0.2) is 59.4 Å². The molecule has 43 heavy (non-hydrogen) atoms. The minimum atomic E-state index is -4.83. The molecule has 2 heterocycles. The summed E-state index contributed by atoms with van der Waals surface area (Å²) in [6.07, 6.45) is -4.83. The van der Waals surface area contributed by atoms with E-state index in [4.69, 9.17) is 0 Å². The lowest BCUT2D eigenvalue weighted by molar-refractivity contribution is -0.152. The van der Waals surface area contributed by atoms with Crippen LogP contribution in [0.4, 0.5) is 33.7 Å². The molecule has 9 nitrogen and oxygen atoms in total. The second kappa shape index (κ2) is 12.5. The Morgan fingerprint density at radius 2 is 1.56 bits per heavy atom. The van der Waals surface area contributed by atoms with Crippen molar-refractivity contribution < 1.29 is 36.4 Å². The fraction of sp³-hybridized carbons (Fsp3) is 0.367. The van der Waals surface area contributed by atoms with Crippen molar-refractivity contribution in [2.24, 2.45) is 0 Å². The van der Waals surface area contributed by atoms with Gasteiger partial charge in [-0.25, -0.2) is 9.18 Å². The Hall–Kier alpha value is -4.39. The van der Waals surface area contributed by atoms with Crippen molar-refractivity contribution in [2.75, 3.05) is 36.8 Å². The van der Waals surface area contributed by atoms with Crippen molar-refractivity contribution in [1.29, 1.82) is 0 Å². The summed E-state index contributed by atoms with van der Waals surface area (Å²) in [7, 11) is 0. The Balaban J connectivity index is 1.31. The highest BCUT2D eigenvalue weighted by atomic mass is 19.4. The van der Waals surface area contributed by atoms with E-state index in [1.807, 2.05) is 44.3 Å². The van der Waals surface area contributed by atoms with Gasteiger partial charge in [-0.1, -0.05) is 12.1 Å². The van der Waals surface area contributed by atoms with E-state index in [2.05, 4.69) is 20.0 Å². The normalized spacial score (nSPS) is 14.4. The molecule has 0 spiro atoms. The third kappa shape index (κ3) is 8.34. The molecule has 230 valence electrons. The lowest BCUT2D eigenvalue weighted by Crippen LogP contribution is -2.48. The van der Waals surface area contributed by atoms with Gasteiger partial charge in [-0.05, 0) is 63.6 Å². The fourth-order valence-corrected chi connectivity index (χ4v) is 4.62. The van der Waals surface area contributed by atoms with Crippen LogP contribution >= 0.6 is 0 Å². The minimum absolute atomic E-state index is 0.0626. The molecule has 0 atom stereocenters. The number of carbonyl (C=O) groups is 3. The number of hydrogen-bond acceptors (Lipinski definition) is 5. The molecule has 3 N–H and O–H groups in total. The van der Waals surface area contributed by atoms with Gasteiger partial charge < -0.3 is 25.3 Å². The van der Waals surface area contributed by atoms with E-state index in [1.165, 1.54) is 19.1 Å². The van der Waals surface area contributed by atoms with Gasteiger partial charge in [0.2, 0.25) is 5.76 Å². The standard InChI is InChI=1S/C30H33F4N5O4/c1-18-14-24(25(43-18)30(32,33)34)36-28(42)35-23-9-8-21(16-22(23)31)27(41)39-12-10-38(11-13-39)17-19-6-5-7-20(15-19)26(40)37-29(2,3)4/h5-9,14-16H,10-13,17H2,1-4H3,(H,37,40)(H2,35,36,42). The second-order valence-corrected chi connectivity index (χ2v) is 11.3. The quantitative estimate of drug-likeness (QED) is 0.306. The Labute approximate surface area is 246 Å². The summed E-state index contributed by atoms with van der Waals surface area (Å²) >= 11 is 0. The van der Waals surface area contributed by atoms with Crippen LogP contribution in [0.15, 0.2) is 52.9 Å². The molecule has 1 aliphatic heterocycles. The van der Waals surface area contributed by atoms with Gasteiger partial charge in [-0.15, -0.1) is 0 Å². The summed E-state index contributed by atoms with van der Waals surface area (Å²) in [5.74, 6) is -2.90. The molecule has 2 aromatic carbocycles. The van der Waals surface area contributed by atoms with Gasteiger partial charge >= 0.3 is 12.2 Å². The number of halogens is 4. The largest absolute Gasteiger partial charge is 0.455 e. The number of urea groups is 1. The molecule has 4 rings (SSSR count). The van der Waals surface area contributed by atoms with E-state index in [0.717, 1.165) is 17.7 Å². The zero-order chi connectivity index (χ0) is 31.5. The van der Waals surface area contributed by atoms with Crippen LogP contribution < -0.4 is 16.0 Å². The van der Waals surface area contributed by atoms with Crippen molar-refractivity contribution in [3.8, 4) is 0 Å². The number of furan rings is 1. The minimum Gasteiger partial charge on any atom is -0.455 e. The number of hydrogen-bond donors (Lipinski definition) is 3. The summed E-state index contributed by atoms with van der Waals surface area (Å²) in [5, 5.41) is 7.11. The first-order valence-corrected chi connectivity index (χ1v) is 13.6. The van der Waals surface area contributed by atoms with Crippen LogP contribution in [0.2, 0.25) is 0 Å². The van der Waals surface area contributed by atoms with Crippen molar-refractivity contribution >= 4 is 29.2 Å². The van der Waals surface area contributed by atoms with E-state index in [-0.39, 0.29) is 34.4 Å². The van der Waals surface area contributed by atoms with E-state index < -0.39 is 29.5 Å². The predicted molar refractivity (Wildman–Crippen MR) is 152 cm³/mol. The SMILES string of the molecule is Cc1cc(NC(=O)Nc2ccc(C(=O)N3CCN(Cc4cccc(C(=O)NC(C)(C)C)c4)CC3)cc2F)c(C(F)(F)F)o1. The number of carbonyl (C=O) groups excluding carboxylic acids is 3. The van der Waals surface area contributed by atoms with E-state index in [9.17, 15) is 31.9 Å². The van der Waals surface area contributed by atoms with Gasteiger partial charge in [0.1, 0.15) is 11.6 Å². The Morgan fingerprint density at radius 1 is 0.884 bits per heavy atom. The Bertz CT molecular complexity index is 1500. The topological polar surface area (TPSA) is 107 Å². The van der Waals surface area contributed by atoms with E-state index in [0.29, 0.717) is 38.3 Å². The smallest absolute Gasteiger partial charge is 0.451 e. The highest BCUT2D eigenvalue weighted by Gasteiger charge is 2.38. The summed E-state index contributed by atoms with van der Waals surface area (Å²) in [4.78, 5) is 41.6. The zero-order valence-corrected chi connectivity index (χ0v) is 24.2. The fourth-order valence-electron chi connectivity index (χ4n) is 4.62. The van der Waals surface area contributed by atoms with Crippen molar-refractivity contribution in [1.82, 2.24) is 15.1 Å². The van der Waals surface area contributed by atoms with E-state index >= 15 is 0 Å². The molecule has 0 bridgehead atoms. The number of anilines is 2. The summed E-state index contributed by atoms with van der Waals surface area (Å²) in [5.41, 5.74) is 0.335. The van der Waals surface area contributed by atoms with Crippen LogP contribution in [0.25, 0.3) is 0 Å². The lowest BCUT2D eigenvalue weighted by atomic mass is 10.1. The van der Waals surface area contributed by atoms with Crippen LogP contribution in [0.1, 0.15) is 58.6 Å². The highest BCUT2D eigenvalue weighted by Crippen LogP contribution is 2.37. The molecule has 0 saturated carbocycles. The van der Waals surface area contributed by atoms with Gasteiger partial charge in [0.15, 0.2) is 0 Å². The average molecular weight is 604 g/mol. The molecule has 1 fully saturated rings. The summed E-state index contributed by atoms with van der Waals surface area (Å²) < 4.78 is 58.7. The van der Waals surface area contributed by atoms with Gasteiger partial charge in [-0.3, -0.25) is 14.5 Å². The second-order valence-electron chi connectivity index (χ2n) is 11.3. The van der Waals surface area contributed by atoms with Crippen LogP contribution in [-0.2, 0) is 12.7 Å². The molecular weight excluding hydrogens is 570 g/mol. The first-order chi connectivity index (χ1) is 20.1. The lowest BCUT2D eigenvalue weighted by Gasteiger charge is -2.35. The maximum absolute atomic E-state index is 14.8. The maximum atomic E-state index is 14.8. The average Bonchev–Trinajstić information content (AvgIpc) is 3.29. The molecule has 1 aromatic heterocycles. The maximum Gasteiger partial charge on any atom is 0.451 e. The Kier molecular flexibility index (Phi) is 9.14. The monoisotopic (exact) mass is 603 g/mol. The molecule has 3 aromatic rings. The molecular formula is C30H33F4N5O4. The number of aryl methyl sites for hydroxylation is 1. The van der Waals surface area contributed by atoms with Crippen LogP contribution in [0.5, 0.6) is 0 Å². The molecule has 0 radical (unpaired) electrons. The number of alkyl halides is 3. The number of piperazine rings is 1. The predicted octanol–water partition coefficient (Wildman–Crippen LogP) is 5.88. The number of nitrogens with one attached hydrogen (secondary N) is 3. The van der Waals surface area contributed by atoms with Gasteiger partial charge in [0, 0.05) is 55.5 Å². The molecule has 0 aliphatic carbocycles. The van der Waals surface area contributed by atoms with Crippen LogP contribution in [0.3, 0.4) is 0 Å². The van der Waals surface area contributed by atoms with Crippen molar-refractivity contribution in [2.45, 2.75) is 46.0 Å². The zero-order valence-electron chi connectivity index (χ0n) is 24.2. The van der Waals surface area contributed by atoms with Gasteiger partial charge in [0.25, 0.3) is 11.8 Å². The molecule has 1 aliphatic rings. The third-order valence-corrected chi connectivity index (χ3v) is 6.57. The molecule has 13 heteroatoms. The Morgan fingerprint density at radius 3 is 2.19 bits per heavy atom. The number of amides is 4. The van der Waals surface area contributed by atoms with E-state index in [1.54, 1.807) is 11.0 Å². The highest BCUT2D eigenvalue weighted by molar-refractivity contribution is 6.01. The summed E-state index contributed by atoms with van der Waals surface area (Å²) in [6, 6.07) is 10.8. The number of rotatable bonds is 6. The number of nitrogens with zero attached hydrogens (tertiary/aromatic N) is 2. The first kappa shape index (κ1) is 31.5. The molecule has 1 saturated heterocycles. The van der Waals surface area contributed by atoms with Gasteiger partial charge in [-0.2, -0.15) is 13.2 Å². The van der Waals surface area contributed by atoms with Crippen LogP contribution in [0, 0.1) is 12.7 Å². The molecule has 0 unspecified atom stereocenters. The molecule has 4 amide bonds. The number of benzene rings is 2. The third-order valence-electron chi connectivity index (χ3n) is 6.57. The summed E-state index contributed by atoms with van der Waals surface area (Å²) in [6.45, 7) is 9.57. The van der Waals surface area contributed by atoms with Crippen molar-refractivity contribution in [3.05, 3.63) is 82.6 Å². The van der Waals surface area contributed by atoms with Crippen molar-refractivity contribution in [3.63, 3.8) is 0 Å². The first-order valence-electron chi connectivity index (χ1n) is 13.6. The van der Waals surface area contributed by atoms with Gasteiger partial charge in [0.05, 0.1) is 11.4 Å².